The average Bonchev–Trinajstić information content (AvgIpc) is 2.96. The molecule has 2 heteroatoms. The zero-order chi connectivity index (χ0) is 14.7. The molecule has 0 saturated heterocycles. The van der Waals surface area contributed by atoms with Gasteiger partial charge in [0.25, 0.3) is 0 Å². The fraction of sp³-hybridized carbons (Fsp3) is 0.684. The third-order valence-electron chi connectivity index (χ3n) is 5.31. The molecule has 1 nitrogen and oxygen atoms in total. The highest BCUT2D eigenvalue weighted by Crippen LogP contribution is 2.38. The number of hydrogen-bond acceptors (Lipinski definition) is 2. The lowest BCUT2D eigenvalue weighted by atomic mass is 9.73. The van der Waals surface area contributed by atoms with Crippen molar-refractivity contribution in [3.63, 3.8) is 0 Å². The van der Waals surface area contributed by atoms with Crippen LogP contribution in [0.5, 0.6) is 0 Å². The van der Waals surface area contributed by atoms with Gasteiger partial charge in [-0.3, -0.25) is 0 Å². The van der Waals surface area contributed by atoms with Crippen LogP contribution in [0.4, 0.5) is 5.69 Å². The quantitative estimate of drug-likeness (QED) is 0.721. The molecule has 0 heterocycles. The molecular weight excluding hydrogens is 274 g/mol. The van der Waals surface area contributed by atoms with E-state index in [1.165, 1.54) is 61.9 Å². The first-order valence-electron chi connectivity index (χ1n) is 8.67. The molecule has 0 amide bonds. The molecule has 21 heavy (non-hydrogen) atoms. The average molecular weight is 304 g/mol. The molecule has 1 aromatic rings. The molecule has 2 aliphatic carbocycles. The zero-order valence-electron chi connectivity index (χ0n) is 13.5. The van der Waals surface area contributed by atoms with Crippen LogP contribution in [0.3, 0.4) is 0 Å². The van der Waals surface area contributed by atoms with Crippen molar-refractivity contribution in [3.05, 3.63) is 24.3 Å². The van der Waals surface area contributed by atoms with Crippen LogP contribution in [0.25, 0.3) is 0 Å². The molecule has 0 radical (unpaired) electrons. The first kappa shape index (κ1) is 15.3. The van der Waals surface area contributed by atoms with Gasteiger partial charge in [0, 0.05) is 21.9 Å². The summed E-state index contributed by atoms with van der Waals surface area (Å²) in [7, 11) is 0. The van der Waals surface area contributed by atoms with Crippen molar-refractivity contribution in [2.24, 2.45) is 5.41 Å². The van der Waals surface area contributed by atoms with Crippen LogP contribution in [0.1, 0.15) is 65.2 Å². The third kappa shape index (κ3) is 3.97. The van der Waals surface area contributed by atoms with Crippen molar-refractivity contribution in [1.29, 1.82) is 0 Å². The normalized spacial score (nSPS) is 25.9. The van der Waals surface area contributed by atoms with Crippen LogP contribution in [0, 0.1) is 5.41 Å². The SMILES string of the molecule is CC1(C)CCCCC1Nc1ccc(SC2CCCC2)cc1. The minimum Gasteiger partial charge on any atom is -0.382 e. The smallest absolute Gasteiger partial charge is 0.0343 e. The molecule has 0 aliphatic heterocycles. The summed E-state index contributed by atoms with van der Waals surface area (Å²) in [6, 6.07) is 9.80. The third-order valence-corrected chi connectivity index (χ3v) is 6.66. The number of rotatable bonds is 4. The van der Waals surface area contributed by atoms with E-state index in [0.29, 0.717) is 11.5 Å². The van der Waals surface area contributed by atoms with E-state index in [1.54, 1.807) is 0 Å². The van der Waals surface area contributed by atoms with Gasteiger partial charge in [0.1, 0.15) is 0 Å². The van der Waals surface area contributed by atoms with Gasteiger partial charge in [-0.25, -0.2) is 0 Å². The zero-order valence-corrected chi connectivity index (χ0v) is 14.3. The first-order valence-corrected chi connectivity index (χ1v) is 9.55. The van der Waals surface area contributed by atoms with E-state index in [4.69, 9.17) is 0 Å². The number of hydrogen-bond donors (Lipinski definition) is 1. The Labute approximate surface area is 134 Å². The lowest BCUT2D eigenvalue weighted by Crippen LogP contribution is -2.38. The Morgan fingerprint density at radius 3 is 2.29 bits per heavy atom. The standard InChI is InChI=1S/C19H29NS/c1-19(2)14-6-5-9-18(19)20-15-10-12-17(13-11-15)21-16-7-3-4-8-16/h10-13,16,18,20H,3-9,14H2,1-2H3. The number of nitrogens with one attached hydrogen (secondary N) is 1. The van der Waals surface area contributed by atoms with E-state index in [0.717, 1.165) is 5.25 Å². The molecule has 2 saturated carbocycles. The van der Waals surface area contributed by atoms with Crippen LogP contribution in [0.15, 0.2) is 29.2 Å². The summed E-state index contributed by atoms with van der Waals surface area (Å²) < 4.78 is 0. The number of benzene rings is 1. The summed E-state index contributed by atoms with van der Waals surface area (Å²) in [5.41, 5.74) is 1.72. The van der Waals surface area contributed by atoms with Gasteiger partial charge in [0.2, 0.25) is 0 Å². The predicted octanol–water partition coefficient (Wildman–Crippen LogP) is 6.10. The molecule has 3 rings (SSSR count). The lowest BCUT2D eigenvalue weighted by Gasteiger charge is -2.39. The first-order chi connectivity index (χ1) is 10.1. The minimum absolute atomic E-state index is 0.426. The van der Waals surface area contributed by atoms with Crippen LogP contribution >= 0.6 is 11.8 Å². The van der Waals surface area contributed by atoms with E-state index in [1.807, 2.05) is 0 Å². The molecule has 2 aliphatic rings. The lowest BCUT2D eigenvalue weighted by molar-refractivity contribution is 0.217. The van der Waals surface area contributed by atoms with Gasteiger partial charge >= 0.3 is 0 Å². The van der Waals surface area contributed by atoms with Gasteiger partial charge < -0.3 is 5.32 Å². The van der Waals surface area contributed by atoms with Gasteiger partial charge in [0.05, 0.1) is 0 Å². The molecule has 1 aromatic carbocycles. The summed E-state index contributed by atoms with van der Waals surface area (Å²) in [4.78, 5) is 1.44. The Kier molecular flexibility index (Phi) is 4.83. The van der Waals surface area contributed by atoms with Gasteiger partial charge in [0.15, 0.2) is 0 Å². The second-order valence-electron chi connectivity index (χ2n) is 7.48. The van der Waals surface area contributed by atoms with Crippen LogP contribution in [-0.4, -0.2) is 11.3 Å². The summed E-state index contributed by atoms with van der Waals surface area (Å²) in [5, 5.41) is 4.64. The number of anilines is 1. The molecule has 0 spiro atoms. The summed E-state index contributed by atoms with van der Waals surface area (Å²) in [6.07, 6.45) is 11.1. The van der Waals surface area contributed by atoms with Crippen LogP contribution < -0.4 is 5.32 Å². The highest BCUT2D eigenvalue weighted by molar-refractivity contribution is 8.00. The van der Waals surface area contributed by atoms with Gasteiger partial charge in [-0.15, -0.1) is 11.8 Å². The van der Waals surface area contributed by atoms with E-state index < -0.39 is 0 Å². The van der Waals surface area contributed by atoms with Crippen molar-refractivity contribution in [2.45, 2.75) is 81.4 Å². The topological polar surface area (TPSA) is 12.0 Å². The number of thioether (sulfide) groups is 1. The Bertz CT molecular complexity index is 445. The molecule has 0 aromatic heterocycles. The van der Waals surface area contributed by atoms with Gasteiger partial charge in [-0.1, -0.05) is 39.5 Å². The maximum atomic E-state index is 3.78. The van der Waals surface area contributed by atoms with Crippen LogP contribution in [0.2, 0.25) is 0 Å². The molecule has 1 N–H and O–H groups in total. The Morgan fingerprint density at radius 2 is 1.62 bits per heavy atom. The van der Waals surface area contributed by atoms with Gasteiger partial charge in [-0.05, 0) is 55.4 Å². The fourth-order valence-corrected chi connectivity index (χ4v) is 5.04. The molecule has 116 valence electrons. The van der Waals surface area contributed by atoms with Crippen molar-refractivity contribution in [3.8, 4) is 0 Å². The summed E-state index contributed by atoms with van der Waals surface area (Å²) >= 11 is 2.08. The fourth-order valence-electron chi connectivity index (χ4n) is 3.79. The molecule has 2 fully saturated rings. The Hall–Kier alpha value is -0.630. The van der Waals surface area contributed by atoms with E-state index in [9.17, 15) is 0 Å². The van der Waals surface area contributed by atoms with E-state index in [-0.39, 0.29) is 0 Å². The second-order valence-corrected chi connectivity index (χ2v) is 8.85. The largest absolute Gasteiger partial charge is 0.382 e. The van der Waals surface area contributed by atoms with Crippen molar-refractivity contribution in [1.82, 2.24) is 0 Å². The highest BCUT2D eigenvalue weighted by atomic mass is 32.2. The minimum atomic E-state index is 0.426. The summed E-state index contributed by atoms with van der Waals surface area (Å²) in [6.45, 7) is 4.82. The van der Waals surface area contributed by atoms with Gasteiger partial charge in [-0.2, -0.15) is 0 Å². The predicted molar refractivity (Wildman–Crippen MR) is 94.2 cm³/mol. The monoisotopic (exact) mass is 303 g/mol. The maximum absolute atomic E-state index is 3.78. The Morgan fingerprint density at radius 1 is 0.952 bits per heavy atom. The Balaban J connectivity index is 1.58. The summed E-state index contributed by atoms with van der Waals surface area (Å²) in [5.74, 6) is 0. The molecule has 0 bridgehead atoms. The maximum Gasteiger partial charge on any atom is 0.0343 e. The highest BCUT2D eigenvalue weighted by Gasteiger charge is 2.31. The second kappa shape index (κ2) is 6.64. The van der Waals surface area contributed by atoms with Crippen molar-refractivity contribution < 1.29 is 0 Å². The van der Waals surface area contributed by atoms with Crippen LogP contribution in [-0.2, 0) is 0 Å². The van der Waals surface area contributed by atoms with E-state index >= 15 is 0 Å². The van der Waals surface area contributed by atoms with Crippen molar-refractivity contribution in [2.75, 3.05) is 5.32 Å². The van der Waals surface area contributed by atoms with E-state index in [2.05, 4.69) is 55.2 Å². The molecular formula is C19H29NS. The molecule has 1 atom stereocenters. The molecule has 1 unspecified atom stereocenters. The van der Waals surface area contributed by atoms with Crippen molar-refractivity contribution >= 4 is 17.4 Å².